The van der Waals surface area contributed by atoms with Gasteiger partial charge in [-0.05, 0) is 24.3 Å². The van der Waals surface area contributed by atoms with Crippen LogP contribution in [0.2, 0.25) is 0 Å². The maximum Gasteiger partial charge on any atom is 0.387 e. The van der Waals surface area contributed by atoms with E-state index >= 15 is 0 Å². The van der Waals surface area contributed by atoms with Crippen molar-refractivity contribution in [2.75, 3.05) is 6.54 Å². The van der Waals surface area contributed by atoms with Crippen molar-refractivity contribution in [3.63, 3.8) is 0 Å². The van der Waals surface area contributed by atoms with Crippen molar-refractivity contribution in [2.24, 2.45) is 5.73 Å². The number of ether oxygens (including phenoxy) is 1. The van der Waals surface area contributed by atoms with Gasteiger partial charge in [-0.2, -0.15) is 8.78 Å². The van der Waals surface area contributed by atoms with Crippen LogP contribution in [0.3, 0.4) is 0 Å². The van der Waals surface area contributed by atoms with Gasteiger partial charge in [-0.25, -0.2) is 0 Å². The Hall–Kier alpha value is -1.60. The lowest BCUT2D eigenvalue weighted by molar-refractivity contribution is -0.0498. The lowest BCUT2D eigenvalue weighted by atomic mass is 10.2. The van der Waals surface area contributed by atoms with Gasteiger partial charge in [0.2, 0.25) is 0 Å². The fourth-order valence-corrected chi connectivity index (χ4v) is 0.873. The second-order valence-corrected chi connectivity index (χ2v) is 2.41. The van der Waals surface area contributed by atoms with Gasteiger partial charge in [-0.1, -0.05) is 11.8 Å². The van der Waals surface area contributed by atoms with E-state index in [0.717, 1.165) is 5.56 Å². The van der Waals surface area contributed by atoms with E-state index in [4.69, 9.17) is 5.73 Å². The van der Waals surface area contributed by atoms with Crippen LogP contribution < -0.4 is 10.5 Å². The molecule has 4 heteroatoms. The topological polar surface area (TPSA) is 35.2 Å². The molecule has 0 radical (unpaired) electrons. The minimum atomic E-state index is -2.80. The molecule has 2 nitrogen and oxygen atoms in total. The molecule has 0 aliphatic heterocycles. The molecule has 0 spiro atoms. The van der Waals surface area contributed by atoms with Crippen molar-refractivity contribution >= 4 is 0 Å². The predicted molar refractivity (Wildman–Crippen MR) is 49.0 cm³/mol. The summed E-state index contributed by atoms with van der Waals surface area (Å²) in [6.45, 7) is -2.52. The smallest absolute Gasteiger partial charge is 0.387 e. The third kappa shape index (κ3) is 3.42. The van der Waals surface area contributed by atoms with Crippen molar-refractivity contribution in [1.82, 2.24) is 0 Å². The Morgan fingerprint density at radius 2 is 1.93 bits per heavy atom. The number of hydrogen-bond donors (Lipinski definition) is 1. The average Bonchev–Trinajstić information content (AvgIpc) is 2.16. The van der Waals surface area contributed by atoms with Gasteiger partial charge in [-0.15, -0.1) is 0 Å². The molecule has 0 amide bonds. The van der Waals surface area contributed by atoms with Gasteiger partial charge in [-0.3, -0.25) is 0 Å². The van der Waals surface area contributed by atoms with Crippen LogP contribution in [-0.4, -0.2) is 13.2 Å². The van der Waals surface area contributed by atoms with Gasteiger partial charge in [0.1, 0.15) is 5.75 Å². The first-order chi connectivity index (χ1) is 6.72. The van der Waals surface area contributed by atoms with Crippen LogP contribution in [-0.2, 0) is 0 Å². The van der Waals surface area contributed by atoms with E-state index in [1.54, 1.807) is 12.1 Å². The number of benzene rings is 1. The van der Waals surface area contributed by atoms with Crippen molar-refractivity contribution in [1.29, 1.82) is 0 Å². The molecule has 0 aliphatic carbocycles. The molecule has 0 heterocycles. The summed E-state index contributed by atoms with van der Waals surface area (Å²) >= 11 is 0. The molecule has 0 aliphatic rings. The predicted octanol–water partition coefficient (Wildman–Crippen LogP) is 1.60. The summed E-state index contributed by atoms with van der Waals surface area (Å²) in [6, 6.07) is 6.07. The summed E-state index contributed by atoms with van der Waals surface area (Å²) in [4.78, 5) is 0. The molecular formula is C10H9F2NO. The van der Waals surface area contributed by atoms with E-state index in [0.29, 0.717) is 0 Å². The fraction of sp³-hybridized carbons (Fsp3) is 0.200. The number of nitrogens with two attached hydrogens (primary N) is 1. The van der Waals surface area contributed by atoms with Crippen molar-refractivity contribution in [3.8, 4) is 17.6 Å². The summed E-state index contributed by atoms with van der Waals surface area (Å²) in [5, 5.41) is 0. The Bertz CT molecular complexity index is 337. The maximum absolute atomic E-state index is 11.8. The Labute approximate surface area is 80.7 Å². The molecule has 0 unspecified atom stereocenters. The summed E-state index contributed by atoms with van der Waals surface area (Å²) < 4.78 is 27.7. The van der Waals surface area contributed by atoms with Gasteiger partial charge < -0.3 is 10.5 Å². The highest BCUT2D eigenvalue weighted by Crippen LogP contribution is 2.14. The molecule has 1 rings (SSSR count). The minimum Gasteiger partial charge on any atom is -0.435 e. The Kier molecular flexibility index (Phi) is 3.89. The van der Waals surface area contributed by atoms with Crippen LogP contribution >= 0.6 is 0 Å². The van der Waals surface area contributed by atoms with Gasteiger partial charge in [0.25, 0.3) is 0 Å². The second-order valence-electron chi connectivity index (χ2n) is 2.41. The second kappa shape index (κ2) is 5.20. The third-order valence-corrected chi connectivity index (χ3v) is 1.41. The Morgan fingerprint density at radius 3 is 2.43 bits per heavy atom. The molecule has 0 atom stereocenters. The third-order valence-electron chi connectivity index (χ3n) is 1.41. The van der Waals surface area contributed by atoms with Crippen LogP contribution in [0.1, 0.15) is 5.56 Å². The van der Waals surface area contributed by atoms with Crippen molar-refractivity contribution < 1.29 is 13.5 Å². The van der Waals surface area contributed by atoms with E-state index in [1.165, 1.54) is 12.1 Å². The van der Waals surface area contributed by atoms with Crippen LogP contribution in [0.25, 0.3) is 0 Å². The van der Waals surface area contributed by atoms with Crippen molar-refractivity contribution in [2.45, 2.75) is 6.61 Å². The van der Waals surface area contributed by atoms with Gasteiger partial charge in [0.05, 0.1) is 6.54 Å². The zero-order valence-electron chi connectivity index (χ0n) is 7.34. The molecule has 0 bridgehead atoms. The van der Waals surface area contributed by atoms with Crippen LogP contribution in [0.4, 0.5) is 8.78 Å². The van der Waals surface area contributed by atoms with E-state index < -0.39 is 6.61 Å². The van der Waals surface area contributed by atoms with Crippen LogP contribution in [0.5, 0.6) is 5.75 Å². The first kappa shape index (κ1) is 10.5. The first-order valence-corrected chi connectivity index (χ1v) is 3.96. The summed E-state index contributed by atoms with van der Waals surface area (Å²) in [5.41, 5.74) is 5.89. The number of halogens is 2. The van der Waals surface area contributed by atoms with E-state index in [1.807, 2.05) is 0 Å². The quantitative estimate of drug-likeness (QED) is 0.731. The highest BCUT2D eigenvalue weighted by molar-refractivity contribution is 5.38. The van der Waals surface area contributed by atoms with E-state index in [-0.39, 0.29) is 12.3 Å². The molecule has 0 aromatic heterocycles. The van der Waals surface area contributed by atoms with Gasteiger partial charge >= 0.3 is 6.61 Å². The molecule has 0 saturated carbocycles. The molecule has 1 aromatic rings. The minimum absolute atomic E-state index is 0.123. The van der Waals surface area contributed by atoms with Crippen LogP contribution in [0, 0.1) is 11.8 Å². The monoisotopic (exact) mass is 197 g/mol. The van der Waals surface area contributed by atoms with Crippen molar-refractivity contribution in [3.05, 3.63) is 29.8 Å². The average molecular weight is 197 g/mol. The molecule has 14 heavy (non-hydrogen) atoms. The molecule has 0 saturated heterocycles. The SMILES string of the molecule is NCC#Cc1ccc(OC(F)F)cc1. The van der Waals surface area contributed by atoms with Crippen LogP contribution in [0.15, 0.2) is 24.3 Å². The normalized spacial score (nSPS) is 9.43. The number of hydrogen-bond acceptors (Lipinski definition) is 2. The largest absolute Gasteiger partial charge is 0.435 e. The summed E-state index contributed by atoms with van der Waals surface area (Å²) in [6.07, 6.45) is 0. The van der Waals surface area contributed by atoms with Gasteiger partial charge in [0, 0.05) is 5.56 Å². The zero-order valence-corrected chi connectivity index (χ0v) is 7.34. The molecule has 2 N–H and O–H groups in total. The highest BCUT2D eigenvalue weighted by atomic mass is 19.3. The zero-order chi connectivity index (χ0) is 10.4. The standard InChI is InChI=1S/C10H9F2NO/c11-10(12)14-9-5-3-8(4-6-9)2-1-7-13/h3-6,10H,7,13H2. The lowest BCUT2D eigenvalue weighted by Crippen LogP contribution is -2.01. The van der Waals surface area contributed by atoms with E-state index in [2.05, 4.69) is 16.6 Å². The summed E-state index contributed by atoms with van der Waals surface area (Å²) in [7, 11) is 0. The molecular weight excluding hydrogens is 188 g/mol. The Balaban J connectivity index is 2.68. The maximum atomic E-state index is 11.8. The molecule has 0 fully saturated rings. The number of alkyl halides is 2. The Morgan fingerprint density at radius 1 is 1.29 bits per heavy atom. The fourth-order valence-electron chi connectivity index (χ4n) is 0.873. The highest BCUT2D eigenvalue weighted by Gasteiger charge is 2.02. The molecule has 74 valence electrons. The molecule has 1 aromatic carbocycles. The van der Waals surface area contributed by atoms with E-state index in [9.17, 15) is 8.78 Å². The lowest BCUT2D eigenvalue weighted by Gasteiger charge is -2.02. The van der Waals surface area contributed by atoms with Gasteiger partial charge in [0.15, 0.2) is 0 Å². The first-order valence-electron chi connectivity index (χ1n) is 3.96. The summed E-state index contributed by atoms with van der Waals surface area (Å²) in [5.74, 6) is 5.54. The number of rotatable bonds is 2.